The van der Waals surface area contributed by atoms with Gasteiger partial charge >= 0.3 is 0 Å². The smallest absolute Gasteiger partial charge is 0.0465 e. The van der Waals surface area contributed by atoms with Gasteiger partial charge in [0.25, 0.3) is 0 Å². The summed E-state index contributed by atoms with van der Waals surface area (Å²) < 4.78 is 5.36. The Kier molecular flexibility index (Phi) is 26.2. The average Bonchev–Trinajstić information content (AvgIpc) is 2.71. The van der Waals surface area contributed by atoms with Crippen molar-refractivity contribution in [3.05, 3.63) is 12.2 Å². The molecule has 0 saturated carbocycles. The molecule has 0 radical (unpaired) electrons. The zero-order valence-corrected chi connectivity index (χ0v) is 19.0. The predicted molar refractivity (Wildman–Crippen MR) is 125 cm³/mol. The molecule has 0 aromatic carbocycles. The summed E-state index contributed by atoms with van der Waals surface area (Å²) in [4.78, 5) is 0. The van der Waals surface area contributed by atoms with Gasteiger partial charge in [-0.1, -0.05) is 63.5 Å². The van der Waals surface area contributed by atoms with Crippen LogP contribution in [0.25, 0.3) is 0 Å². The minimum atomic E-state index is 0.728. The number of hydrogen-bond donors (Lipinski definition) is 3. The maximum Gasteiger partial charge on any atom is 0.0465 e. The number of hydrogen-bond acceptors (Lipinski definition) is 4. The van der Waals surface area contributed by atoms with E-state index in [0.717, 1.165) is 45.9 Å². The second-order valence-electron chi connectivity index (χ2n) is 7.78. The minimum Gasteiger partial charge on any atom is -0.382 e. The van der Waals surface area contributed by atoms with E-state index in [4.69, 9.17) is 10.5 Å². The summed E-state index contributed by atoms with van der Waals surface area (Å²) in [7, 11) is 0. The highest BCUT2D eigenvalue weighted by Crippen LogP contribution is 2.10. The monoisotopic (exact) mass is 397 g/mol. The summed E-state index contributed by atoms with van der Waals surface area (Å²) >= 11 is 0. The van der Waals surface area contributed by atoms with Crippen molar-refractivity contribution in [3.8, 4) is 0 Å². The van der Waals surface area contributed by atoms with Gasteiger partial charge in [-0.3, -0.25) is 0 Å². The second kappa shape index (κ2) is 26.6. The first-order chi connectivity index (χ1) is 13.9. The molecule has 0 aliphatic carbocycles. The van der Waals surface area contributed by atoms with E-state index in [9.17, 15) is 0 Å². The molecule has 0 rings (SSSR count). The SMILES string of the molecule is CCOCCCCCCCC/C=C/CCCCCCCCNCCNCCN. The predicted octanol–water partition coefficient (Wildman–Crippen LogP) is 5.18. The maximum absolute atomic E-state index is 5.43. The first kappa shape index (κ1) is 27.6. The van der Waals surface area contributed by atoms with E-state index in [2.05, 4.69) is 29.7 Å². The van der Waals surface area contributed by atoms with E-state index in [1.807, 2.05) is 0 Å². The molecule has 0 aliphatic heterocycles. The number of rotatable bonds is 24. The van der Waals surface area contributed by atoms with Gasteiger partial charge in [0.1, 0.15) is 0 Å². The fraction of sp³-hybridized carbons (Fsp3) is 0.917. The molecule has 0 saturated heterocycles. The van der Waals surface area contributed by atoms with Crippen molar-refractivity contribution in [2.45, 2.75) is 96.8 Å². The van der Waals surface area contributed by atoms with Gasteiger partial charge in [0.05, 0.1) is 0 Å². The molecule has 4 N–H and O–H groups in total. The largest absolute Gasteiger partial charge is 0.382 e. The average molecular weight is 398 g/mol. The van der Waals surface area contributed by atoms with Gasteiger partial charge in [-0.15, -0.1) is 0 Å². The molecule has 4 nitrogen and oxygen atoms in total. The number of nitrogens with two attached hydrogens (primary N) is 1. The molecule has 4 heteroatoms. The first-order valence-electron chi connectivity index (χ1n) is 12.3. The zero-order valence-electron chi connectivity index (χ0n) is 19.0. The van der Waals surface area contributed by atoms with Crippen molar-refractivity contribution in [2.24, 2.45) is 5.73 Å². The first-order valence-corrected chi connectivity index (χ1v) is 12.3. The highest BCUT2D eigenvalue weighted by molar-refractivity contribution is 4.81. The lowest BCUT2D eigenvalue weighted by Crippen LogP contribution is -2.31. The minimum absolute atomic E-state index is 0.728. The van der Waals surface area contributed by atoms with Crippen LogP contribution in [0.4, 0.5) is 0 Å². The number of nitrogens with one attached hydrogen (secondary N) is 2. The van der Waals surface area contributed by atoms with Crippen LogP contribution in [-0.4, -0.2) is 45.9 Å². The van der Waals surface area contributed by atoms with Crippen LogP contribution < -0.4 is 16.4 Å². The highest BCUT2D eigenvalue weighted by atomic mass is 16.5. The van der Waals surface area contributed by atoms with Gasteiger partial charge in [-0.05, 0) is 52.0 Å². The third-order valence-electron chi connectivity index (χ3n) is 5.05. The molecule has 0 spiro atoms. The molecule has 168 valence electrons. The van der Waals surface area contributed by atoms with Gasteiger partial charge < -0.3 is 21.1 Å². The number of ether oxygens (including phenoxy) is 1. The summed E-state index contributed by atoms with van der Waals surface area (Å²) in [6.07, 6.45) is 23.7. The Morgan fingerprint density at radius 3 is 1.68 bits per heavy atom. The molecule has 0 fully saturated rings. The maximum atomic E-state index is 5.43. The number of allylic oxidation sites excluding steroid dienone is 2. The molecule has 0 aromatic heterocycles. The van der Waals surface area contributed by atoms with Gasteiger partial charge in [-0.25, -0.2) is 0 Å². The zero-order chi connectivity index (χ0) is 20.4. The van der Waals surface area contributed by atoms with Crippen LogP contribution in [-0.2, 0) is 4.74 Å². The highest BCUT2D eigenvalue weighted by Gasteiger charge is 1.93. The molecule has 0 unspecified atom stereocenters. The Bertz CT molecular complexity index is 298. The van der Waals surface area contributed by atoms with Gasteiger partial charge in [-0.2, -0.15) is 0 Å². The Labute approximate surface area is 176 Å². The Balaban J connectivity index is 3.05. The lowest BCUT2D eigenvalue weighted by atomic mass is 10.1. The van der Waals surface area contributed by atoms with Crippen LogP contribution in [0.5, 0.6) is 0 Å². The van der Waals surface area contributed by atoms with Gasteiger partial charge in [0.15, 0.2) is 0 Å². The van der Waals surface area contributed by atoms with E-state index in [0.29, 0.717) is 0 Å². The van der Waals surface area contributed by atoms with E-state index >= 15 is 0 Å². The summed E-state index contributed by atoms with van der Waals surface area (Å²) in [5.41, 5.74) is 5.43. The lowest BCUT2D eigenvalue weighted by molar-refractivity contribution is 0.143. The summed E-state index contributed by atoms with van der Waals surface area (Å²) in [6, 6.07) is 0. The second-order valence-corrected chi connectivity index (χ2v) is 7.78. The fourth-order valence-corrected chi connectivity index (χ4v) is 3.30. The van der Waals surface area contributed by atoms with Crippen molar-refractivity contribution >= 4 is 0 Å². The third-order valence-corrected chi connectivity index (χ3v) is 5.05. The standard InChI is InChI=1S/C24H51N3O/c1-2-28-24-18-16-14-12-10-8-6-4-3-5-7-9-11-13-15-17-20-26-22-23-27-21-19-25/h3-4,26-27H,2,5-25H2,1H3/b4-3+. The van der Waals surface area contributed by atoms with Gasteiger partial charge in [0, 0.05) is 39.4 Å². The summed E-state index contributed by atoms with van der Waals surface area (Å²) in [6.45, 7) is 8.77. The molecule has 0 aliphatic rings. The fourth-order valence-electron chi connectivity index (χ4n) is 3.30. The van der Waals surface area contributed by atoms with Crippen LogP contribution in [0, 0.1) is 0 Å². The van der Waals surface area contributed by atoms with Gasteiger partial charge in [0.2, 0.25) is 0 Å². The van der Waals surface area contributed by atoms with Crippen LogP contribution in [0.2, 0.25) is 0 Å². The van der Waals surface area contributed by atoms with Crippen LogP contribution >= 0.6 is 0 Å². The molecule has 0 heterocycles. The van der Waals surface area contributed by atoms with Crippen molar-refractivity contribution in [1.82, 2.24) is 10.6 Å². The summed E-state index contributed by atoms with van der Waals surface area (Å²) in [5, 5.41) is 6.78. The van der Waals surface area contributed by atoms with E-state index in [-0.39, 0.29) is 0 Å². The Morgan fingerprint density at radius 2 is 1.11 bits per heavy atom. The van der Waals surface area contributed by atoms with E-state index < -0.39 is 0 Å². The van der Waals surface area contributed by atoms with Crippen LogP contribution in [0.3, 0.4) is 0 Å². The molecule has 0 atom stereocenters. The van der Waals surface area contributed by atoms with E-state index in [1.165, 1.54) is 89.9 Å². The molecule has 0 amide bonds. The quantitative estimate of drug-likeness (QED) is 0.155. The van der Waals surface area contributed by atoms with Crippen LogP contribution in [0.15, 0.2) is 12.2 Å². The summed E-state index contributed by atoms with van der Waals surface area (Å²) in [5.74, 6) is 0. The number of unbranched alkanes of at least 4 members (excludes halogenated alkanes) is 12. The molecular formula is C24H51N3O. The Morgan fingerprint density at radius 1 is 0.607 bits per heavy atom. The molecule has 28 heavy (non-hydrogen) atoms. The van der Waals surface area contributed by atoms with E-state index in [1.54, 1.807) is 0 Å². The third kappa shape index (κ3) is 25.6. The van der Waals surface area contributed by atoms with Crippen molar-refractivity contribution in [3.63, 3.8) is 0 Å². The van der Waals surface area contributed by atoms with Crippen molar-refractivity contribution < 1.29 is 4.74 Å². The normalized spacial score (nSPS) is 11.6. The molecule has 0 bridgehead atoms. The Hall–Kier alpha value is -0.420. The van der Waals surface area contributed by atoms with Crippen molar-refractivity contribution in [2.75, 3.05) is 45.9 Å². The van der Waals surface area contributed by atoms with Crippen molar-refractivity contribution in [1.29, 1.82) is 0 Å². The topological polar surface area (TPSA) is 59.3 Å². The molecule has 0 aromatic rings. The van der Waals surface area contributed by atoms with Crippen LogP contribution in [0.1, 0.15) is 96.8 Å². The lowest BCUT2D eigenvalue weighted by Gasteiger charge is -2.05. The molecular weight excluding hydrogens is 346 g/mol.